The fourth-order valence-corrected chi connectivity index (χ4v) is 2.78. The molecule has 0 radical (unpaired) electrons. The molecule has 28 heavy (non-hydrogen) atoms. The van der Waals surface area contributed by atoms with Crippen LogP contribution >= 0.6 is 0 Å². The van der Waals surface area contributed by atoms with E-state index in [4.69, 9.17) is 0 Å². The average Bonchev–Trinajstić information content (AvgIpc) is 2.65. The van der Waals surface area contributed by atoms with Crippen LogP contribution in [0, 0.1) is 5.82 Å². The van der Waals surface area contributed by atoms with Crippen molar-refractivity contribution >= 4 is 17.4 Å². The Labute approximate surface area is 163 Å². The summed E-state index contributed by atoms with van der Waals surface area (Å²) >= 11 is 0. The normalized spacial score (nSPS) is 10.4. The molecule has 3 rings (SSSR count). The highest BCUT2D eigenvalue weighted by atomic mass is 19.1. The van der Waals surface area contributed by atoms with E-state index >= 15 is 0 Å². The fraction of sp³-hybridized carbons (Fsp3) is 0.136. The highest BCUT2D eigenvalue weighted by Gasteiger charge is 2.05. The number of carbonyl (C=O) groups is 1. The van der Waals surface area contributed by atoms with Gasteiger partial charge in [-0.1, -0.05) is 36.9 Å². The zero-order valence-corrected chi connectivity index (χ0v) is 15.6. The third-order valence-electron chi connectivity index (χ3n) is 4.05. The molecule has 0 bridgehead atoms. The summed E-state index contributed by atoms with van der Waals surface area (Å²) in [5, 5.41) is 5.85. The monoisotopic (exact) mass is 376 g/mol. The van der Waals surface area contributed by atoms with Gasteiger partial charge in [0.2, 0.25) is 5.91 Å². The number of anilines is 2. The number of amides is 1. The molecule has 1 amide bonds. The number of halogens is 1. The minimum absolute atomic E-state index is 0.171. The Hall–Kier alpha value is -3.54. The fourth-order valence-electron chi connectivity index (χ4n) is 2.78. The van der Waals surface area contributed by atoms with E-state index in [1.165, 1.54) is 19.3 Å². The summed E-state index contributed by atoms with van der Waals surface area (Å²) in [6.45, 7) is 5.42. The Balaban J connectivity index is 1.60. The van der Waals surface area contributed by atoms with E-state index < -0.39 is 0 Å². The molecule has 0 aliphatic rings. The summed E-state index contributed by atoms with van der Waals surface area (Å²) in [5.41, 5.74) is 4.08. The smallest absolute Gasteiger partial charge is 0.222 e. The van der Waals surface area contributed by atoms with Crippen molar-refractivity contribution in [1.82, 2.24) is 9.97 Å². The highest BCUT2D eigenvalue weighted by molar-refractivity contribution is 5.87. The van der Waals surface area contributed by atoms with Crippen molar-refractivity contribution in [3.05, 3.63) is 95.8 Å². The van der Waals surface area contributed by atoms with E-state index in [2.05, 4.69) is 27.2 Å². The first kappa shape index (κ1) is 19.2. The lowest BCUT2D eigenvalue weighted by Gasteiger charge is -2.11. The van der Waals surface area contributed by atoms with Gasteiger partial charge in [-0.25, -0.2) is 14.4 Å². The summed E-state index contributed by atoms with van der Waals surface area (Å²) in [5.74, 6) is 0.0835. The molecule has 0 aliphatic heterocycles. The molecule has 0 fully saturated rings. The first-order chi connectivity index (χ1) is 13.5. The zero-order chi connectivity index (χ0) is 19.9. The average molecular weight is 376 g/mol. The van der Waals surface area contributed by atoms with Gasteiger partial charge in [0.1, 0.15) is 18.0 Å². The van der Waals surface area contributed by atoms with Crippen LogP contribution in [0.15, 0.2) is 73.2 Å². The Morgan fingerprint density at radius 3 is 2.54 bits per heavy atom. The predicted molar refractivity (Wildman–Crippen MR) is 108 cm³/mol. The number of allylic oxidation sites excluding steroid dienone is 1. The van der Waals surface area contributed by atoms with E-state index in [-0.39, 0.29) is 11.7 Å². The maximum absolute atomic E-state index is 13.7. The van der Waals surface area contributed by atoms with Gasteiger partial charge in [-0.05, 0) is 29.3 Å². The molecule has 3 aromatic rings. The van der Waals surface area contributed by atoms with Gasteiger partial charge < -0.3 is 10.6 Å². The predicted octanol–water partition coefficient (Wildman–Crippen LogP) is 4.33. The summed E-state index contributed by atoms with van der Waals surface area (Å²) in [6, 6.07) is 16.3. The molecular weight excluding hydrogens is 355 g/mol. The summed E-state index contributed by atoms with van der Waals surface area (Å²) in [7, 11) is 0. The molecule has 1 heterocycles. The van der Waals surface area contributed by atoms with Crippen LogP contribution in [-0.4, -0.2) is 15.9 Å². The number of rotatable bonds is 7. The lowest BCUT2D eigenvalue weighted by Crippen LogP contribution is -2.08. The Morgan fingerprint density at radius 1 is 1.07 bits per heavy atom. The summed E-state index contributed by atoms with van der Waals surface area (Å²) < 4.78 is 13.7. The second-order valence-electron chi connectivity index (χ2n) is 6.45. The van der Waals surface area contributed by atoms with Crippen molar-refractivity contribution in [2.24, 2.45) is 0 Å². The van der Waals surface area contributed by atoms with Crippen LogP contribution in [0.4, 0.5) is 15.9 Å². The van der Waals surface area contributed by atoms with Gasteiger partial charge in [0.15, 0.2) is 0 Å². The molecule has 0 aliphatic carbocycles. The van der Waals surface area contributed by atoms with Gasteiger partial charge in [-0.15, -0.1) is 0 Å². The van der Waals surface area contributed by atoms with Crippen LogP contribution in [-0.2, 0) is 17.6 Å². The van der Waals surface area contributed by atoms with Gasteiger partial charge in [-0.2, -0.15) is 0 Å². The molecule has 5 nitrogen and oxygen atoms in total. The first-order valence-corrected chi connectivity index (χ1v) is 8.85. The van der Waals surface area contributed by atoms with Crippen molar-refractivity contribution in [3.8, 4) is 0 Å². The molecule has 0 atom stereocenters. The SMILES string of the molecule is C=C(Cc1ccccc1F)Nc1ccc(Cc2cc(NC(C)=O)ncn2)cc1. The van der Waals surface area contributed by atoms with Crippen molar-refractivity contribution in [2.75, 3.05) is 10.6 Å². The first-order valence-electron chi connectivity index (χ1n) is 8.85. The number of benzene rings is 2. The van der Waals surface area contributed by atoms with E-state index in [9.17, 15) is 9.18 Å². The largest absolute Gasteiger partial charge is 0.359 e. The number of nitrogens with zero attached hydrogens (tertiary/aromatic N) is 2. The second-order valence-corrected chi connectivity index (χ2v) is 6.45. The van der Waals surface area contributed by atoms with Gasteiger partial charge in [-0.3, -0.25) is 4.79 Å². The molecule has 0 saturated heterocycles. The molecule has 142 valence electrons. The maximum Gasteiger partial charge on any atom is 0.222 e. The molecular formula is C22H21FN4O. The van der Waals surface area contributed by atoms with Crippen LogP contribution in [0.5, 0.6) is 0 Å². The van der Waals surface area contributed by atoms with Gasteiger partial charge in [0.05, 0.1) is 5.69 Å². The van der Waals surface area contributed by atoms with Crippen molar-refractivity contribution < 1.29 is 9.18 Å². The third-order valence-corrected chi connectivity index (χ3v) is 4.05. The molecule has 2 aromatic carbocycles. The van der Waals surface area contributed by atoms with Gasteiger partial charge >= 0.3 is 0 Å². The van der Waals surface area contributed by atoms with Crippen LogP contribution in [0.25, 0.3) is 0 Å². The Bertz CT molecular complexity index is 986. The van der Waals surface area contributed by atoms with E-state index in [1.807, 2.05) is 30.3 Å². The van der Waals surface area contributed by atoms with E-state index in [1.54, 1.807) is 18.2 Å². The van der Waals surface area contributed by atoms with Crippen LogP contribution in [0.3, 0.4) is 0 Å². The minimum Gasteiger partial charge on any atom is -0.359 e. The number of aromatic nitrogens is 2. The zero-order valence-electron chi connectivity index (χ0n) is 15.6. The van der Waals surface area contributed by atoms with E-state index in [0.717, 1.165) is 16.9 Å². The number of nitrogens with one attached hydrogen (secondary N) is 2. The molecule has 0 unspecified atom stereocenters. The third kappa shape index (κ3) is 5.48. The quantitative estimate of drug-likeness (QED) is 0.644. The standard InChI is InChI=1S/C22H21FN4O/c1-15(11-18-5-3-4-6-21(18)23)26-19-9-7-17(8-10-19)12-20-13-22(25-14-24-20)27-16(2)28/h3-10,13-14,26H,1,11-12H2,2H3,(H,24,25,27,28). The van der Waals surface area contributed by atoms with Crippen LogP contribution in [0.2, 0.25) is 0 Å². The minimum atomic E-state index is -0.232. The molecule has 6 heteroatoms. The molecule has 0 saturated carbocycles. The van der Waals surface area contributed by atoms with Crippen molar-refractivity contribution in [1.29, 1.82) is 0 Å². The second kappa shape index (κ2) is 8.90. The Morgan fingerprint density at radius 2 is 1.82 bits per heavy atom. The van der Waals surface area contributed by atoms with Gasteiger partial charge in [0, 0.05) is 37.2 Å². The van der Waals surface area contributed by atoms with Crippen LogP contribution in [0.1, 0.15) is 23.7 Å². The van der Waals surface area contributed by atoms with Crippen LogP contribution < -0.4 is 10.6 Å². The lowest BCUT2D eigenvalue weighted by molar-refractivity contribution is -0.114. The number of hydrogen-bond acceptors (Lipinski definition) is 4. The molecule has 2 N–H and O–H groups in total. The summed E-state index contributed by atoms with van der Waals surface area (Å²) in [6.07, 6.45) is 2.47. The van der Waals surface area contributed by atoms with Crippen molar-refractivity contribution in [3.63, 3.8) is 0 Å². The number of carbonyl (C=O) groups excluding carboxylic acids is 1. The van der Waals surface area contributed by atoms with Crippen molar-refractivity contribution in [2.45, 2.75) is 19.8 Å². The Kier molecular flexibility index (Phi) is 6.11. The maximum atomic E-state index is 13.7. The highest BCUT2D eigenvalue weighted by Crippen LogP contribution is 2.17. The van der Waals surface area contributed by atoms with E-state index in [0.29, 0.717) is 29.9 Å². The summed E-state index contributed by atoms with van der Waals surface area (Å²) in [4.78, 5) is 19.4. The molecule has 1 aromatic heterocycles. The van der Waals surface area contributed by atoms with Gasteiger partial charge in [0.25, 0.3) is 0 Å². The number of hydrogen-bond donors (Lipinski definition) is 2. The topological polar surface area (TPSA) is 66.9 Å². The lowest BCUT2D eigenvalue weighted by atomic mass is 10.1. The molecule has 0 spiro atoms.